The highest BCUT2D eigenvalue weighted by Crippen LogP contribution is 2.56. The maximum absolute atomic E-state index is 13.5. The summed E-state index contributed by atoms with van der Waals surface area (Å²) in [4.78, 5) is 11.4. The van der Waals surface area contributed by atoms with Gasteiger partial charge in [-0.2, -0.15) is 13.2 Å². The minimum absolute atomic E-state index is 0.0337. The molecule has 0 amide bonds. The fourth-order valence-electron chi connectivity index (χ4n) is 2.82. The summed E-state index contributed by atoms with van der Waals surface area (Å²) in [7, 11) is 0. The highest BCUT2D eigenvalue weighted by molar-refractivity contribution is 6.31. The van der Waals surface area contributed by atoms with E-state index in [0.29, 0.717) is 0 Å². The van der Waals surface area contributed by atoms with Crippen LogP contribution in [0, 0.1) is 0 Å². The van der Waals surface area contributed by atoms with Crippen LogP contribution in [0.25, 0.3) is 11.1 Å². The molecule has 0 aliphatic heterocycles. The van der Waals surface area contributed by atoms with Crippen LogP contribution in [-0.4, -0.2) is 22.4 Å². The molecule has 22 heavy (non-hydrogen) atoms. The first-order valence-electron chi connectivity index (χ1n) is 6.14. The van der Waals surface area contributed by atoms with Gasteiger partial charge in [-0.3, -0.25) is 0 Å². The van der Waals surface area contributed by atoms with Crippen LogP contribution >= 0.6 is 11.6 Å². The predicted octanol–water partition coefficient (Wildman–Crippen LogP) is 3.82. The van der Waals surface area contributed by atoms with E-state index in [4.69, 9.17) is 11.6 Å². The number of carboxylic acids is 1. The number of carboxylic acid groups (broad SMARTS) is 1. The Balaban J connectivity index is 2.50. The Morgan fingerprint density at radius 3 is 2.36 bits per heavy atom. The molecule has 1 atom stereocenters. The van der Waals surface area contributed by atoms with Crippen molar-refractivity contribution in [2.75, 3.05) is 0 Å². The minimum Gasteiger partial charge on any atom is -0.478 e. The summed E-state index contributed by atoms with van der Waals surface area (Å²) in [5.41, 5.74) is -4.75. The van der Waals surface area contributed by atoms with E-state index in [2.05, 4.69) is 0 Å². The average molecular weight is 329 g/mol. The third kappa shape index (κ3) is 1.77. The van der Waals surface area contributed by atoms with E-state index in [9.17, 15) is 28.2 Å². The molecule has 114 valence electrons. The van der Waals surface area contributed by atoms with E-state index in [1.165, 1.54) is 18.2 Å². The second-order valence-electron chi connectivity index (χ2n) is 4.93. The molecule has 0 aromatic heterocycles. The maximum Gasteiger partial charge on any atom is 0.425 e. The van der Waals surface area contributed by atoms with Gasteiger partial charge in [-0.25, -0.2) is 4.79 Å². The second-order valence-corrected chi connectivity index (χ2v) is 5.37. The number of halogens is 4. The lowest BCUT2D eigenvalue weighted by atomic mass is 9.90. The normalized spacial score (nSPS) is 19.7. The van der Waals surface area contributed by atoms with Gasteiger partial charge in [-0.1, -0.05) is 35.9 Å². The molecule has 0 spiro atoms. The summed E-state index contributed by atoms with van der Waals surface area (Å²) in [6.07, 6.45) is -5.02. The summed E-state index contributed by atoms with van der Waals surface area (Å²) in [6.45, 7) is 0. The van der Waals surface area contributed by atoms with Crippen molar-refractivity contribution in [3.8, 4) is 11.1 Å². The molecule has 0 heterocycles. The minimum atomic E-state index is -5.02. The third-order valence-corrected chi connectivity index (χ3v) is 3.94. The van der Waals surface area contributed by atoms with E-state index >= 15 is 0 Å². The van der Waals surface area contributed by atoms with E-state index < -0.39 is 28.9 Å². The Morgan fingerprint density at radius 1 is 1.14 bits per heavy atom. The molecule has 0 saturated heterocycles. The molecule has 3 nitrogen and oxygen atoms in total. The van der Waals surface area contributed by atoms with Crippen molar-refractivity contribution >= 4 is 17.6 Å². The van der Waals surface area contributed by atoms with E-state index in [0.717, 1.165) is 18.2 Å². The van der Waals surface area contributed by atoms with Crippen LogP contribution in [-0.2, 0) is 5.60 Å². The summed E-state index contributed by atoms with van der Waals surface area (Å²) in [6, 6.07) is 7.33. The number of fused-ring (bicyclic) bond motifs is 3. The van der Waals surface area contributed by atoms with E-state index in [1.54, 1.807) is 0 Å². The van der Waals surface area contributed by atoms with Gasteiger partial charge < -0.3 is 10.2 Å². The molecule has 3 rings (SSSR count). The molecule has 1 unspecified atom stereocenters. The molecule has 7 heteroatoms. The number of carbonyl (C=O) groups is 1. The number of aromatic carboxylic acids is 1. The van der Waals surface area contributed by atoms with Crippen molar-refractivity contribution in [2.45, 2.75) is 11.8 Å². The average Bonchev–Trinajstić information content (AvgIpc) is 2.69. The first-order chi connectivity index (χ1) is 10.2. The molecule has 1 aliphatic rings. The van der Waals surface area contributed by atoms with Gasteiger partial charge in [0.25, 0.3) is 0 Å². The Hall–Kier alpha value is -2.05. The van der Waals surface area contributed by atoms with Crippen LogP contribution in [0.3, 0.4) is 0 Å². The monoisotopic (exact) mass is 328 g/mol. The maximum atomic E-state index is 13.5. The number of hydrogen-bond acceptors (Lipinski definition) is 2. The number of benzene rings is 2. The molecule has 2 aromatic rings. The van der Waals surface area contributed by atoms with Gasteiger partial charge in [0.2, 0.25) is 5.60 Å². The van der Waals surface area contributed by atoms with Gasteiger partial charge in [0.15, 0.2) is 0 Å². The van der Waals surface area contributed by atoms with Crippen molar-refractivity contribution < 1.29 is 28.2 Å². The van der Waals surface area contributed by atoms with Crippen molar-refractivity contribution in [1.82, 2.24) is 0 Å². The number of aliphatic hydroxyl groups is 1. The highest BCUT2D eigenvalue weighted by atomic mass is 35.5. The number of alkyl halides is 3. The Bertz CT molecular complexity index is 801. The number of hydrogen-bond donors (Lipinski definition) is 2. The molecule has 0 bridgehead atoms. The fraction of sp³-hybridized carbons (Fsp3) is 0.133. The molecule has 1 aliphatic carbocycles. The molecule has 0 saturated carbocycles. The SMILES string of the molecule is O=C(O)c1cc(Cl)cc2c1-c1ccccc1C2(O)C(F)(F)F. The van der Waals surface area contributed by atoms with Gasteiger partial charge in [0, 0.05) is 21.7 Å². The van der Waals surface area contributed by atoms with Gasteiger partial charge in [0.1, 0.15) is 0 Å². The summed E-state index contributed by atoms with van der Waals surface area (Å²) >= 11 is 5.75. The van der Waals surface area contributed by atoms with Crippen molar-refractivity contribution in [1.29, 1.82) is 0 Å². The summed E-state index contributed by atoms with van der Waals surface area (Å²) in [5.74, 6) is -1.42. The topological polar surface area (TPSA) is 57.5 Å². The van der Waals surface area contributed by atoms with Crippen LogP contribution in [0.15, 0.2) is 36.4 Å². The quantitative estimate of drug-likeness (QED) is 0.836. The molecule has 0 radical (unpaired) electrons. The summed E-state index contributed by atoms with van der Waals surface area (Å²) in [5, 5.41) is 19.4. The second kappa shape index (κ2) is 4.47. The molecule has 0 fully saturated rings. The van der Waals surface area contributed by atoms with Crippen molar-refractivity contribution in [3.05, 3.63) is 58.1 Å². The van der Waals surface area contributed by atoms with Crippen LogP contribution in [0.4, 0.5) is 13.2 Å². The predicted molar refractivity (Wildman–Crippen MR) is 72.9 cm³/mol. The smallest absolute Gasteiger partial charge is 0.425 e. The number of rotatable bonds is 1. The molecule has 2 N–H and O–H groups in total. The Kier molecular flexibility index (Phi) is 3.02. The lowest BCUT2D eigenvalue weighted by Crippen LogP contribution is -2.41. The first-order valence-corrected chi connectivity index (χ1v) is 6.52. The van der Waals surface area contributed by atoms with Crippen LogP contribution in [0.2, 0.25) is 5.02 Å². The van der Waals surface area contributed by atoms with Gasteiger partial charge in [-0.15, -0.1) is 0 Å². The van der Waals surface area contributed by atoms with E-state index in [1.807, 2.05) is 0 Å². The zero-order chi connectivity index (χ0) is 16.3. The lowest BCUT2D eigenvalue weighted by molar-refractivity contribution is -0.246. The van der Waals surface area contributed by atoms with Gasteiger partial charge in [0.05, 0.1) is 5.56 Å². The Labute approximate surface area is 127 Å². The molecular weight excluding hydrogens is 321 g/mol. The highest BCUT2D eigenvalue weighted by Gasteiger charge is 2.61. The fourth-order valence-corrected chi connectivity index (χ4v) is 3.04. The summed E-state index contributed by atoms with van der Waals surface area (Å²) < 4.78 is 40.6. The Morgan fingerprint density at radius 2 is 1.77 bits per heavy atom. The van der Waals surface area contributed by atoms with E-state index in [-0.39, 0.29) is 21.7 Å². The third-order valence-electron chi connectivity index (χ3n) is 3.72. The van der Waals surface area contributed by atoms with Gasteiger partial charge >= 0.3 is 12.1 Å². The molecule has 2 aromatic carbocycles. The van der Waals surface area contributed by atoms with Gasteiger partial charge in [-0.05, 0) is 17.7 Å². The zero-order valence-corrected chi connectivity index (χ0v) is 11.5. The van der Waals surface area contributed by atoms with Crippen LogP contribution in [0.1, 0.15) is 21.5 Å². The van der Waals surface area contributed by atoms with Crippen molar-refractivity contribution in [2.24, 2.45) is 0 Å². The van der Waals surface area contributed by atoms with Crippen LogP contribution < -0.4 is 0 Å². The largest absolute Gasteiger partial charge is 0.478 e. The van der Waals surface area contributed by atoms with Crippen molar-refractivity contribution in [3.63, 3.8) is 0 Å². The lowest BCUT2D eigenvalue weighted by Gasteiger charge is -2.28. The zero-order valence-electron chi connectivity index (χ0n) is 10.8. The molecular formula is C15H8ClF3O3. The standard InChI is InChI=1S/C15H8ClF3O3/c16-7-5-9(13(20)21)12-8-3-1-2-4-10(8)14(22,11(12)6-7)15(17,18)19/h1-6,22H,(H,20,21). The first kappa shape index (κ1) is 14.9. The van der Waals surface area contributed by atoms with Crippen LogP contribution in [0.5, 0.6) is 0 Å².